The number of hydrogen-bond acceptors (Lipinski definition) is 0. The van der Waals surface area contributed by atoms with Crippen LogP contribution in [-0.4, -0.2) is 16.1 Å². The molecule has 8 rings (SSSR count). The zero-order chi connectivity index (χ0) is 37.4. The molecule has 0 nitrogen and oxygen atoms in total. The summed E-state index contributed by atoms with van der Waals surface area (Å²) in [5.74, 6) is 1.07. The van der Waals surface area contributed by atoms with Gasteiger partial charge < -0.3 is 24.8 Å². The maximum atomic E-state index is 2.45. The van der Waals surface area contributed by atoms with Crippen molar-refractivity contribution in [1.29, 1.82) is 0 Å². The van der Waals surface area contributed by atoms with E-state index >= 15 is 0 Å². The second kappa shape index (κ2) is 21.1. The largest absolute Gasteiger partial charge is 4.00 e. The van der Waals surface area contributed by atoms with Crippen LogP contribution >= 0.6 is 0 Å². The molecule has 57 heavy (non-hydrogen) atoms. The Morgan fingerprint density at radius 1 is 0.316 bits per heavy atom. The first-order chi connectivity index (χ1) is 26.5. The van der Waals surface area contributed by atoms with Gasteiger partial charge in [0.05, 0.1) is 0 Å². The van der Waals surface area contributed by atoms with E-state index < -0.39 is 16.1 Å². The van der Waals surface area contributed by atoms with Crippen LogP contribution in [0.15, 0.2) is 218 Å². The van der Waals surface area contributed by atoms with Gasteiger partial charge in [-0.05, 0) is 11.8 Å². The van der Waals surface area contributed by atoms with E-state index in [0.717, 1.165) is 0 Å². The first-order valence-corrected chi connectivity index (χ1v) is 23.3. The maximum Gasteiger partial charge on any atom is 4.00 e. The van der Waals surface area contributed by atoms with Gasteiger partial charge in [-0.15, -0.1) is 0 Å². The number of benzene rings is 6. The smallest absolute Gasteiger partial charge is 1.00 e. The average Bonchev–Trinajstić information content (AvgIpc) is 3.94. The van der Waals surface area contributed by atoms with Crippen LogP contribution < -0.4 is 66.3 Å². The molecule has 0 saturated carbocycles. The standard InChI is InChI=1S/2C26H25Si.2ClH.Hf/c2*1-21(2)22-18-19-26(20-22)27(23-12-6-3-7-13-23,24-14-8-4-9-15-24)25-16-10-5-11-17-25;;;/h2*3-21H,1-2H3;2*1H;/q2*-1;;;+4/p-2. The summed E-state index contributed by atoms with van der Waals surface area (Å²) in [6.45, 7) is 9.09. The van der Waals surface area contributed by atoms with Gasteiger partial charge in [-0.1, -0.05) is 241 Å². The number of rotatable bonds is 10. The quantitative estimate of drug-likeness (QED) is 0.112. The molecule has 0 unspecified atom stereocenters. The van der Waals surface area contributed by atoms with E-state index in [1.165, 1.54) is 52.6 Å². The zero-order valence-electron chi connectivity index (χ0n) is 33.2. The van der Waals surface area contributed by atoms with E-state index in [1.807, 2.05) is 0 Å². The number of hydrogen-bond donors (Lipinski definition) is 0. The van der Waals surface area contributed by atoms with Crippen molar-refractivity contribution >= 4 is 57.6 Å². The molecule has 0 aliphatic heterocycles. The van der Waals surface area contributed by atoms with Crippen LogP contribution in [0.5, 0.6) is 0 Å². The van der Waals surface area contributed by atoms with Gasteiger partial charge in [0.1, 0.15) is 16.1 Å². The molecule has 0 fully saturated rings. The fraction of sp³-hybridized carbons (Fsp3) is 0.115. The summed E-state index contributed by atoms with van der Waals surface area (Å²) in [6, 6.07) is 80.8. The molecule has 0 aliphatic carbocycles. The molecule has 8 aromatic rings. The summed E-state index contributed by atoms with van der Waals surface area (Å²) in [6.07, 6.45) is 0. The third-order valence-electron chi connectivity index (χ3n) is 11.0. The van der Waals surface area contributed by atoms with Crippen molar-refractivity contribution in [3.05, 3.63) is 230 Å². The Morgan fingerprint density at radius 2 is 0.509 bits per heavy atom. The Bertz CT molecular complexity index is 1960. The van der Waals surface area contributed by atoms with Crippen LogP contribution in [0.25, 0.3) is 0 Å². The van der Waals surface area contributed by atoms with E-state index in [1.54, 1.807) is 0 Å². The maximum absolute atomic E-state index is 2.45. The normalized spacial score (nSPS) is 11.1. The Kier molecular flexibility index (Phi) is 16.9. The van der Waals surface area contributed by atoms with Crippen molar-refractivity contribution in [3.8, 4) is 0 Å². The molecular weight excluding hydrogens is 930 g/mol. The van der Waals surface area contributed by atoms with Gasteiger partial charge >= 0.3 is 25.8 Å². The SMILES string of the molecule is CC(C)c1cc([Si](c2ccccc2)(c2ccccc2)c2ccccc2)c[cH-]1.CC(C)c1cc([Si](c2ccccc2)(c2ccccc2)c2ccccc2)c[cH-]1.[Cl-].[Cl-].[Hf+4]. The van der Waals surface area contributed by atoms with Crippen molar-refractivity contribution in [3.63, 3.8) is 0 Å². The van der Waals surface area contributed by atoms with E-state index in [-0.39, 0.29) is 50.7 Å². The van der Waals surface area contributed by atoms with E-state index in [0.29, 0.717) is 11.8 Å². The predicted molar refractivity (Wildman–Crippen MR) is 239 cm³/mol. The molecule has 0 heterocycles. The summed E-state index contributed by atoms with van der Waals surface area (Å²) in [5.41, 5.74) is 2.84. The zero-order valence-corrected chi connectivity index (χ0v) is 40.3. The van der Waals surface area contributed by atoms with Crippen LogP contribution in [0.4, 0.5) is 0 Å². The van der Waals surface area contributed by atoms with Gasteiger partial charge in [0.2, 0.25) is 0 Å². The Balaban J connectivity index is 0.000000240. The van der Waals surface area contributed by atoms with Crippen molar-refractivity contribution < 1.29 is 50.7 Å². The van der Waals surface area contributed by atoms with Crippen LogP contribution in [-0.2, 0) is 25.8 Å². The second-order valence-electron chi connectivity index (χ2n) is 14.9. The summed E-state index contributed by atoms with van der Waals surface area (Å²) in [4.78, 5) is 0. The minimum atomic E-state index is -2.32. The summed E-state index contributed by atoms with van der Waals surface area (Å²) >= 11 is 0. The Hall–Kier alpha value is -4.10. The summed E-state index contributed by atoms with van der Waals surface area (Å²) < 4.78 is 0. The molecule has 0 bridgehead atoms. The van der Waals surface area contributed by atoms with E-state index in [2.05, 4.69) is 246 Å². The van der Waals surface area contributed by atoms with Crippen LogP contribution in [0.1, 0.15) is 50.7 Å². The van der Waals surface area contributed by atoms with E-state index in [4.69, 9.17) is 0 Å². The molecule has 0 N–H and O–H groups in total. The molecule has 0 atom stereocenters. The third kappa shape index (κ3) is 9.30. The molecule has 0 aromatic heterocycles. The average molecular weight is 981 g/mol. The molecule has 0 aliphatic rings. The molecule has 284 valence electrons. The molecule has 0 amide bonds. The number of halogens is 2. The van der Waals surface area contributed by atoms with Crippen LogP contribution in [0.3, 0.4) is 0 Å². The molecule has 0 saturated heterocycles. The van der Waals surface area contributed by atoms with Crippen molar-refractivity contribution in [2.24, 2.45) is 0 Å². The topological polar surface area (TPSA) is 0 Å². The van der Waals surface area contributed by atoms with E-state index in [9.17, 15) is 0 Å². The van der Waals surface area contributed by atoms with Crippen molar-refractivity contribution in [1.82, 2.24) is 0 Å². The fourth-order valence-electron chi connectivity index (χ4n) is 8.24. The fourth-order valence-corrected chi connectivity index (χ4v) is 17.8. The first-order valence-electron chi connectivity index (χ1n) is 19.3. The molecule has 0 spiro atoms. The van der Waals surface area contributed by atoms with Crippen LogP contribution in [0, 0.1) is 0 Å². The predicted octanol–water partition coefficient (Wildman–Crippen LogP) is 1.82. The van der Waals surface area contributed by atoms with Crippen molar-refractivity contribution in [2.75, 3.05) is 0 Å². The third-order valence-corrected chi connectivity index (χ3v) is 20.5. The Labute approximate surface area is 374 Å². The van der Waals surface area contributed by atoms with Gasteiger partial charge in [0.15, 0.2) is 0 Å². The Morgan fingerprint density at radius 3 is 0.667 bits per heavy atom. The first kappa shape index (κ1) is 45.6. The monoisotopic (exact) mass is 980 g/mol. The van der Waals surface area contributed by atoms with Crippen LogP contribution in [0.2, 0.25) is 0 Å². The van der Waals surface area contributed by atoms with Gasteiger partial charge in [-0.2, -0.15) is 45.8 Å². The molecule has 5 heteroatoms. The molecule has 0 radical (unpaired) electrons. The van der Waals surface area contributed by atoms with Gasteiger partial charge in [-0.25, -0.2) is 12.1 Å². The van der Waals surface area contributed by atoms with Gasteiger partial charge in [0.25, 0.3) is 0 Å². The molecule has 8 aromatic carbocycles. The minimum Gasteiger partial charge on any atom is -1.00 e. The summed E-state index contributed by atoms with van der Waals surface area (Å²) in [5, 5.41) is 11.5. The second-order valence-corrected chi connectivity index (χ2v) is 22.5. The van der Waals surface area contributed by atoms with Gasteiger partial charge in [-0.3, -0.25) is 0 Å². The molecular formula is C52H50Cl2HfSi2. The van der Waals surface area contributed by atoms with Crippen molar-refractivity contribution in [2.45, 2.75) is 39.5 Å². The minimum absolute atomic E-state index is 0. The summed E-state index contributed by atoms with van der Waals surface area (Å²) in [7, 11) is -4.65. The van der Waals surface area contributed by atoms with Gasteiger partial charge in [0, 0.05) is 0 Å².